The van der Waals surface area contributed by atoms with E-state index in [2.05, 4.69) is 49.1 Å². The van der Waals surface area contributed by atoms with Gasteiger partial charge in [0.15, 0.2) is 0 Å². The third kappa shape index (κ3) is 4.16. The maximum Gasteiger partial charge on any atom is 0.0236 e. The molecule has 1 heterocycles. The molecule has 0 aliphatic carbocycles. The second kappa shape index (κ2) is 7.50. The lowest BCUT2D eigenvalue weighted by Gasteiger charge is -2.37. The molecule has 1 heteroatoms. The van der Waals surface area contributed by atoms with Crippen molar-refractivity contribution in [3.63, 3.8) is 0 Å². The minimum absolute atomic E-state index is 0.735. The van der Waals surface area contributed by atoms with E-state index in [-0.39, 0.29) is 0 Å². The Labute approximate surface area is 107 Å². The van der Waals surface area contributed by atoms with E-state index in [1.165, 1.54) is 24.9 Å². The second-order valence-electron chi connectivity index (χ2n) is 4.82. The highest BCUT2D eigenvalue weighted by Gasteiger charge is 2.24. The van der Waals surface area contributed by atoms with Crippen LogP contribution in [0.3, 0.4) is 0 Å². The molecule has 1 aliphatic rings. The minimum atomic E-state index is 0.735. The largest absolute Gasteiger partial charge is 0.296 e. The van der Waals surface area contributed by atoms with E-state index in [0.29, 0.717) is 0 Å². The maximum absolute atomic E-state index is 2.61. The summed E-state index contributed by atoms with van der Waals surface area (Å²) in [5.41, 5.74) is 1.44. The van der Waals surface area contributed by atoms with E-state index < -0.39 is 0 Å². The van der Waals surface area contributed by atoms with Crippen molar-refractivity contribution in [3.8, 4) is 0 Å². The molecule has 1 aliphatic heterocycles. The van der Waals surface area contributed by atoms with Crippen LogP contribution in [0.2, 0.25) is 0 Å². The van der Waals surface area contributed by atoms with Crippen LogP contribution in [-0.4, -0.2) is 17.5 Å². The average Bonchev–Trinajstić information content (AvgIpc) is 2.39. The molecule has 0 aromatic heterocycles. The van der Waals surface area contributed by atoms with Crippen LogP contribution in [0.1, 0.15) is 46.1 Å². The molecule has 1 nitrogen and oxygen atoms in total. The van der Waals surface area contributed by atoms with Crippen LogP contribution in [0.15, 0.2) is 30.3 Å². The van der Waals surface area contributed by atoms with Crippen molar-refractivity contribution in [2.45, 2.75) is 53.1 Å². The SMILES string of the molecule is CC.CC1CCCN(Cc2ccccc2)C1C. The van der Waals surface area contributed by atoms with Gasteiger partial charge in [-0.2, -0.15) is 0 Å². The summed E-state index contributed by atoms with van der Waals surface area (Å²) >= 11 is 0. The van der Waals surface area contributed by atoms with E-state index in [4.69, 9.17) is 0 Å². The smallest absolute Gasteiger partial charge is 0.0236 e. The van der Waals surface area contributed by atoms with E-state index in [1.54, 1.807) is 0 Å². The van der Waals surface area contributed by atoms with Gasteiger partial charge >= 0.3 is 0 Å². The normalized spacial score (nSPS) is 24.9. The van der Waals surface area contributed by atoms with Crippen molar-refractivity contribution >= 4 is 0 Å². The highest BCUT2D eigenvalue weighted by molar-refractivity contribution is 5.14. The fourth-order valence-corrected chi connectivity index (χ4v) is 2.46. The lowest BCUT2D eigenvalue weighted by Crippen LogP contribution is -2.41. The Balaban J connectivity index is 0.000000686. The second-order valence-corrected chi connectivity index (χ2v) is 4.82. The third-order valence-electron chi connectivity index (χ3n) is 3.73. The summed E-state index contributed by atoms with van der Waals surface area (Å²) in [5.74, 6) is 0.850. The Kier molecular flexibility index (Phi) is 6.28. The molecule has 2 unspecified atom stereocenters. The molecule has 0 N–H and O–H groups in total. The summed E-state index contributed by atoms with van der Waals surface area (Å²) in [6.45, 7) is 11.1. The molecular formula is C16H27N. The average molecular weight is 233 g/mol. The fraction of sp³-hybridized carbons (Fsp3) is 0.625. The van der Waals surface area contributed by atoms with E-state index in [0.717, 1.165) is 18.5 Å². The summed E-state index contributed by atoms with van der Waals surface area (Å²) in [7, 11) is 0. The predicted molar refractivity (Wildman–Crippen MR) is 76.1 cm³/mol. The van der Waals surface area contributed by atoms with E-state index in [9.17, 15) is 0 Å². The molecule has 17 heavy (non-hydrogen) atoms. The molecule has 96 valence electrons. The Morgan fingerprint density at radius 2 is 1.76 bits per heavy atom. The molecule has 0 saturated carbocycles. The standard InChI is InChI=1S/C14H21N.C2H6/c1-12-7-6-10-15(13(12)2)11-14-8-4-3-5-9-14;1-2/h3-5,8-9,12-13H,6-7,10-11H2,1-2H3;1-2H3. The third-order valence-corrected chi connectivity index (χ3v) is 3.73. The molecule has 0 spiro atoms. The van der Waals surface area contributed by atoms with Gasteiger partial charge in [0.05, 0.1) is 0 Å². The maximum atomic E-state index is 2.61. The topological polar surface area (TPSA) is 3.24 Å². The summed E-state index contributed by atoms with van der Waals surface area (Å²) < 4.78 is 0. The summed E-state index contributed by atoms with van der Waals surface area (Å²) in [6.07, 6.45) is 2.75. The van der Waals surface area contributed by atoms with E-state index >= 15 is 0 Å². The first-order valence-electron chi connectivity index (χ1n) is 7.05. The first kappa shape index (κ1) is 14.2. The zero-order valence-electron chi connectivity index (χ0n) is 11.8. The van der Waals surface area contributed by atoms with Crippen LogP contribution in [0, 0.1) is 5.92 Å². The van der Waals surface area contributed by atoms with Crippen LogP contribution in [0.25, 0.3) is 0 Å². The van der Waals surface area contributed by atoms with Crippen molar-refractivity contribution in [1.29, 1.82) is 0 Å². The van der Waals surface area contributed by atoms with Gasteiger partial charge in [0.1, 0.15) is 0 Å². The minimum Gasteiger partial charge on any atom is -0.296 e. The lowest BCUT2D eigenvalue weighted by atomic mass is 9.92. The van der Waals surface area contributed by atoms with Gasteiger partial charge in [-0.25, -0.2) is 0 Å². The number of nitrogens with zero attached hydrogens (tertiary/aromatic N) is 1. The van der Waals surface area contributed by atoms with Crippen molar-refractivity contribution < 1.29 is 0 Å². The van der Waals surface area contributed by atoms with Gasteiger partial charge in [-0.1, -0.05) is 51.1 Å². The molecule has 1 aromatic carbocycles. The van der Waals surface area contributed by atoms with Gasteiger partial charge in [-0.3, -0.25) is 4.90 Å². The van der Waals surface area contributed by atoms with Crippen molar-refractivity contribution in [2.24, 2.45) is 5.92 Å². The zero-order valence-corrected chi connectivity index (χ0v) is 11.8. The number of likely N-dealkylation sites (tertiary alicyclic amines) is 1. The van der Waals surface area contributed by atoms with Crippen LogP contribution in [-0.2, 0) is 6.54 Å². The Bertz CT molecular complexity index is 294. The van der Waals surface area contributed by atoms with Crippen molar-refractivity contribution in [1.82, 2.24) is 4.90 Å². The number of piperidine rings is 1. The molecule has 2 rings (SSSR count). The highest BCUT2D eigenvalue weighted by Crippen LogP contribution is 2.24. The molecule has 1 aromatic rings. The van der Waals surface area contributed by atoms with Crippen LogP contribution >= 0.6 is 0 Å². The van der Waals surface area contributed by atoms with Crippen molar-refractivity contribution in [2.75, 3.05) is 6.54 Å². The highest BCUT2D eigenvalue weighted by atomic mass is 15.2. The predicted octanol–water partition coefficient (Wildman–Crippen LogP) is 4.33. The number of hydrogen-bond donors (Lipinski definition) is 0. The van der Waals surface area contributed by atoms with Gasteiger partial charge in [-0.15, -0.1) is 0 Å². The summed E-state index contributed by atoms with van der Waals surface area (Å²) in [6, 6.07) is 11.5. The van der Waals surface area contributed by atoms with Crippen LogP contribution in [0.5, 0.6) is 0 Å². The Hall–Kier alpha value is -0.820. The molecular weight excluding hydrogens is 206 g/mol. The molecule has 0 bridgehead atoms. The molecule has 1 fully saturated rings. The van der Waals surface area contributed by atoms with Gasteiger partial charge in [0.2, 0.25) is 0 Å². The molecule has 0 radical (unpaired) electrons. The zero-order chi connectivity index (χ0) is 12.7. The number of benzene rings is 1. The van der Waals surface area contributed by atoms with Gasteiger partial charge in [0, 0.05) is 12.6 Å². The first-order valence-corrected chi connectivity index (χ1v) is 7.05. The van der Waals surface area contributed by atoms with Gasteiger partial charge in [0.25, 0.3) is 0 Å². The van der Waals surface area contributed by atoms with Crippen LogP contribution in [0.4, 0.5) is 0 Å². The van der Waals surface area contributed by atoms with Crippen LogP contribution < -0.4 is 0 Å². The fourth-order valence-electron chi connectivity index (χ4n) is 2.46. The lowest BCUT2D eigenvalue weighted by molar-refractivity contribution is 0.106. The Morgan fingerprint density at radius 1 is 1.12 bits per heavy atom. The van der Waals surface area contributed by atoms with Gasteiger partial charge in [-0.05, 0) is 37.8 Å². The molecule has 2 atom stereocenters. The number of hydrogen-bond acceptors (Lipinski definition) is 1. The first-order chi connectivity index (χ1) is 8.27. The van der Waals surface area contributed by atoms with Gasteiger partial charge < -0.3 is 0 Å². The monoisotopic (exact) mass is 233 g/mol. The van der Waals surface area contributed by atoms with E-state index in [1.807, 2.05) is 13.8 Å². The molecule has 1 saturated heterocycles. The quantitative estimate of drug-likeness (QED) is 0.735. The Morgan fingerprint density at radius 3 is 2.41 bits per heavy atom. The molecule has 0 amide bonds. The van der Waals surface area contributed by atoms with Crippen molar-refractivity contribution in [3.05, 3.63) is 35.9 Å². The number of rotatable bonds is 2. The summed E-state index contributed by atoms with van der Waals surface area (Å²) in [5, 5.41) is 0. The summed E-state index contributed by atoms with van der Waals surface area (Å²) in [4.78, 5) is 2.61.